The Hall–Kier alpha value is -3.06. The molecular weight excluding hydrogens is 394 g/mol. The number of halogens is 1. The lowest BCUT2D eigenvalue weighted by Gasteiger charge is -2.20. The normalized spacial score (nSPS) is 13.3. The summed E-state index contributed by atoms with van der Waals surface area (Å²) in [6.45, 7) is 0.508. The van der Waals surface area contributed by atoms with Gasteiger partial charge in [0.2, 0.25) is 5.91 Å². The highest BCUT2D eigenvalue weighted by molar-refractivity contribution is 6.31. The molecule has 0 radical (unpaired) electrons. The Kier molecular flexibility index (Phi) is 6.39. The molecule has 2 aromatic carbocycles. The molecular formula is C21H22ClN3O4. The van der Waals surface area contributed by atoms with Crippen LogP contribution < -0.4 is 15.0 Å². The van der Waals surface area contributed by atoms with Gasteiger partial charge in [-0.1, -0.05) is 11.6 Å². The molecule has 7 nitrogen and oxygen atoms in total. The summed E-state index contributed by atoms with van der Waals surface area (Å²) in [4.78, 5) is 39.6. The summed E-state index contributed by atoms with van der Waals surface area (Å²) in [5, 5.41) is 3.28. The number of hydrogen-bond acceptors (Lipinski definition) is 4. The fourth-order valence-electron chi connectivity index (χ4n) is 2.93. The highest BCUT2D eigenvalue weighted by Crippen LogP contribution is 2.29. The molecule has 1 aliphatic rings. The van der Waals surface area contributed by atoms with Crippen molar-refractivity contribution in [2.24, 2.45) is 0 Å². The molecule has 152 valence electrons. The average molecular weight is 416 g/mol. The van der Waals surface area contributed by atoms with Gasteiger partial charge in [0.25, 0.3) is 11.8 Å². The van der Waals surface area contributed by atoms with E-state index >= 15 is 0 Å². The number of amides is 3. The molecule has 0 aliphatic carbocycles. The first-order chi connectivity index (χ1) is 13.8. The summed E-state index contributed by atoms with van der Waals surface area (Å²) < 4.78 is 5.42. The first-order valence-electron chi connectivity index (χ1n) is 9.19. The first kappa shape index (κ1) is 20.7. The van der Waals surface area contributed by atoms with E-state index in [9.17, 15) is 14.4 Å². The van der Waals surface area contributed by atoms with Crippen molar-refractivity contribution in [3.8, 4) is 5.75 Å². The fraction of sp³-hybridized carbons (Fsp3) is 0.286. The maximum atomic E-state index is 12.8. The van der Waals surface area contributed by atoms with Gasteiger partial charge < -0.3 is 19.9 Å². The van der Waals surface area contributed by atoms with Gasteiger partial charge in [0.05, 0.1) is 11.3 Å². The van der Waals surface area contributed by atoms with Gasteiger partial charge in [-0.2, -0.15) is 0 Å². The summed E-state index contributed by atoms with van der Waals surface area (Å²) in [6.07, 6.45) is 1.22. The largest absolute Gasteiger partial charge is 0.484 e. The zero-order valence-corrected chi connectivity index (χ0v) is 17.0. The highest BCUT2D eigenvalue weighted by atomic mass is 35.5. The number of carbonyl (C=O) groups is 3. The molecule has 1 aliphatic heterocycles. The van der Waals surface area contributed by atoms with Crippen molar-refractivity contribution in [2.45, 2.75) is 12.8 Å². The minimum atomic E-state index is -0.340. The van der Waals surface area contributed by atoms with Crippen LogP contribution in [0.3, 0.4) is 0 Å². The molecule has 1 N–H and O–H groups in total. The van der Waals surface area contributed by atoms with Crippen LogP contribution >= 0.6 is 11.6 Å². The van der Waals surface area contributed by atoms with E-state index in [0.29, 0.717) is 40.7 Å². The lowest BCUT2D eigenvalue weighted by Crippen LogP contribution is -2.27. The van der Waals surface area contributed by atoms with Crippen LogP contribution in [0.5, 0.6) is 5.75 Å². The molecule has 0 atom stereocenters. The van der Waals surface area contributed by atoms with Crippen molar-refractivity contribution in [3.63, 3.8) is 0 Å². The van der Waals surface area contributed by atoms with Crippen LogP contribution in [0.25, 0.3) is 0 Å². The molecule has 3 amide bonds. The van der Waals surface area contributed by atoms with E-state index in [4.69, 9.17) is 16.3 Å². The molecule has 29 heavy (non-hydrogen) atoms. The Morgan fingerprint density at radius 3 is 2.52 bits per heavy atom. The standard InChI is InChI=1S/C21H22ClN3O4/c1-24(2)20(27)13-29-16-8-6-15(7-9-16)23-21(28)17-10-5-14(22)12-18(17)25-11-3-4-19(25)26/h5-10,12H,3-4,11,13H2,1-2H3,(H,23,28). The summed E-state index contributed by atoms with van der Waals surface area (Å²) in [5.41, 5.74) is 1.45. The maximum absolute atomic E-state index is 12.8. The number of anilines is 2. The van der Waals surface area contributed by atoms with E-state index in [0.717, 1.165) is 6.42 Å². The van der Waals surface area contributed by atoms with Gasteiger partial charge in [-0.15, -0.1) is 0 Å². The molecule has 0 bridgehead atoms. The summed E-state index contributed by atoms with van der Waals surface area (Å²) >= 11 is 6.09. The smallest absolute Gasteiger partial charge is 0.259 e. The molecule has 0 unspecified atom stereocenters. The van der Waals surface area contributed by atoms with Gasteiger partial charge in [-0.25, -0.2) is 0 Å². The number of rotatable bonds is 6. The van der Waals surface area contributed by atoms with Crippen molar-refractivity contribution >= 4 is 40.7 Å². The second-order valence-corrected chi connectivity index (χ2v) is 7.30. The van der Waals surface area contributed by atoms with Crippen molar-refractivity contribution in [1.82, 2.24) is 4.90 Å². The van der Waals surface area contributed by atoms with E-state index in [2.05, 4.69) is 5.32 Å². The Morgan fingerprint density at radius 1 is 1.17 bits per heavy atom. The van der Waals surface area contributed by atoms with E-state index in [1.807, 2.05) is 0 Å². The maximum Gasteiger partial charge on any atom is 0.259 e. The Morgan fingerprint density at radius 2 is 1.90 bits per heavy atom. The molecule has 8 heteroatoms. The molecule has 3 rings (SSSR count). The third kappa shape index (κ3) is 5.06. The Labute approximate surface area is 174 Å². The van der Waals surface area contributed by atoms with Crippen LogP contribution in [0.15, 0.2) is 42.5 Å². The van der Waals surface area contributed by atoms with E-state index < -0.39 is 0 Å². The van der Waals surface area contributed by atoms with Crippen molar-refractivity contribution in [3.05, 3.63) is 53.1 Å². The highest BCUT2D eigenvalue weighted by Gasteiger charge is 2.26. The molecule has 0 aromatic heterocycles. The molecule has 1 heterocycles. The monoisotopic (exact) mass is 415 g/mol. The fourth-order valence-corrected chi connectivity index (χ4v) is 3.10. The summed E-state index contributed by atoms with van der Waals surface area (Å²) in [7, 11) is 3.32. The predicted octanol–water partition coefficient (Wildman–Crippen LogP) is 3.19. The van der Waals surface area contributed by atoms with Gasteiger partial charge >= 0.3 is 0 Å². The summed E-state index contributed by atoms with van der Waals surface area (Å²) in [5.74, 6) is 0.0186. The first-order valence-corrected chi connectivity index (χ1v) is 9.57. The molecule has 2 aromatic rings. The third-order valence-electron chi connectivity index (χ3n) is 4.54. The van der Waals surface area contributed by atoms with Crippen molar-refractivity contribution in [2.75, 3.05) is 37.5 Å². The van der Waals surface area contributed by atoms with E-state index in [1.165, 1.54) is 4.90 Å². The predicted molar refractivity (Wildman–Crippen MR) is 112 cm³/mol. The topological polar surface area (TPSA) is 79.0 Å². The number of carbonyl (C=O) groups excluding carboxylic acids is 3. The minimum absolute atomic E-state index is 0.0184. The quantitative estimate of drug-likeness (QED) is 0.785. The molecule has 1 saturated heterocycles. The third-order valence-corrected chi connectivity index (χ3v) is 4.78. The van der Waals surface area contributed by atoms with Crippen LogP contribution in [-0.4, -0.2) is 49.9 Å². The van der Waals surface area contributed by atoms with Crippen LogP contribution in [0, 0.1) is 0 Å². The Bertz CT molecular complexity index is 928. The number of ether oxygens (including phenoxy) is 1. The van der Waals surface area contributed by atoms with Gasteiger partial charge in [0.15, 0.2) is 6.61 Å². The van der Waals surface area contributed by atoms with Crippen molar-refractivity contribution in [1.29, 1.82) is 0 Å². The molecule has 0 spiro atoms. The number of nitrogens with zero attached hydrogens (tertiary/aromatic N) is 2. The Balaban J connectivity index is 1.70. The van der Waals surface area contributed by atoms with Crippen LogP contribution in [0.1, 0.15) is 23.2 Å². The van der Waals surface area contributed by atoms with Gasteiger partial charge in [0.1, 0.15) is 5.75 Å². The van der Waals surface area contributed by atoms with Crippen molar-refractivity contribution < 1.29 is 19.1 Å². The van der Waals surface area contributed by atoms with E-state index in [1.54, 1.807) is 61.5 Å². The lowest BCUT2D eigenvalue weighted by molar-refractivity contribution is -0.130. The van der Waals surface area contributed by atoms with Gasteiger partial charge in [-0.05, 0) is 48.9 Å². The van der Waals surface area contributed by atoms with Gasteiger partial charge in [-0.3, -0.25) is 14.4 Å². The number of benzene rings is 2. The minimum Gasteiger partial charge on any atom is -0.484 e. The number of nitrogens with one attached hydrogen (secondary N) is 1. The zero-order valence-electron chi connectivity index (χ0n) is 16.3. The second kappa shape index (κ2) is 8.96. The van der Waals surface area contributed by atoms with E-state index in [-0.39, 0.29) is 24.3 Å². The average Bonchev–Trinajstić information content (AvgIpc) is 3.12. The second-order valence-electron chi connectivity index (χ2n) is 6.87. The molecule has 0 saturated carbocycles. The molecule has 1 fully saturated rings. The number of hydrogen-bond donors (Lipinski definition) is 1. The van der Waals surface area contributed by atoms with Crippen LogP contribution in [0.4, 0.5) is 11.4 Å². The van der Waals surface area contributed by atoms with Crippen LogP contribution in [-0.2, 0) is 9.59 Å². The van der Waals surface area contributed by atoms with Crippen LogP contribution in [0.2, 0.25) is 5.02 Å². The van der Waals surface area contributed by atoms with Gasteiger partial charge in [0, 0.05) is 37.8 Å². The SMILES string of the molecule is CN(C)C(=O)COc1ccc(NC(=O)c2ccc(Cl)cc2N2CCCC2=O)cc1. The summed E-state index contributed by atoms with van der Waals surface area (Å²) in [6, 6.07) is 11.6. The zero-order chi connectivity index (χ0) is 21.0. The number of likely N-dealkylation sites (N-methyl/N-ethyl adjacent to an activating group) is 1. The lowest BCUT2D eigenvalue weighted by atomic mass is 10.1.